The Morgan fingerprint density at radius 3 is 2.67 bits per heavy atom. The number of aryl methyl sites for hydroxylation is 1. The normalized spacial score (nSPS) is 19.7. The Morgan fingerprint density at radius 1 is 1.38 bits per heavy atom. The Balaban J connectivity index is 2.24. The molecule has 0 aromatic heterocycles. The molecule has 1 amide bonds. The largest absolute Gasteiger partial charge is 0.399 e. The SMILES string of the molecule is Cc1cc(N)cc(C(=O)N2CCCC(C(F)(F)F)C2)c1F. The van der Waals surface area contributed by atoms with Gasteiger partial charge >= 0.3 is 6.18 Å². The fourth-order valence-corrected chi connectivity index (χ4v) is 2.55. The van der Waals surface area contributed by atoms with Crippen molar-refractivity contribution in [1.29, 1.82) is 0 Å². The number of hydrogen-bond acceptors (Lipinski definition) is 2. The second-order valence-electron chi connectivity index (χ2n) is 5.33. The lowest BCUT2D eigenvalue weighted by Crippen LogP contribution is -2.44. The van der Waals surface area contributed by atoms with Crippen LogP contribution in [0.3, 0.4) is 0 Å². The summed E-state index contributed by atoms with van der Waals surface area (Å²) in [6.07, 6.45) is -4.10. The molecule has 0 saturated carbocycles. The maximum Gasteiger partial charge on any atom is 0.393 e. The summed E-state index contributed by atoms with van der Waals surface area (Å²) in [5.74, 6) is -3.03. The summed E-state index contributed by atoms with van der Waals surface area (Å²) in [4.78, 5) is 13.3. The molecule has 0 spiro atoms. The minimum absolute atomic E-state index is 0.00822. The van der Waals surface area contributed by atoms with E-state index in [1.54, 1.807) is 0 Å². The predicted octanol–water partition coefficient (Wildman–Crippen LogP) is 3.13. The van der Waals surface area contributed by atoms with Gasteiger partial charge < -0.3 is 10.6 Å². The number of alkyl halides is 3. The van der Waals surface area contributed by atoms with E-state index < -0.39 is 30.4 Å². The van der Waals surface area contributed by atoms with E-state index in [4.69, 9.17) is 5.73 Å². The number of likely N-dealkylation sites (tertiary alicyclic amines) is 1. The molecule has 1 heterocycles. The van der Waals surface area contributed by atoms with Crippen molar-refractivity contribution in [2.75, 3.05) is 18.8 Å². The number of nitrogen functional groups attached to an aromatic ring is 1. The van der Waals surface area contributed by atoms with Gasteiger partial charge in [-0.05, 0) is 37.5 Å². The quantitative estimate of drug-likeness (QED) is 0.640. The number of nitrogens with two attached hydrogens (primary N) is 1. The Kier molecular flexibility index (Phi) is 4.11. The number of carbonyl (C=O) groups is 1. The zero-order chi connectivity index (χ0) is 15.8. The number of halogens is 4. The predicted molar refractivity (Wildman–Crippen MR) is 70.2 cm³/mol. The van der Waals surface area contributed by atoms with Gasteiger partial charge in [-0.3, -0.25) is 4.79 Å². The second-order valence-corrected chi connectivity index (χ2v) is 5.33. The number of amides is 1. The van der Waals surface area contributed by atoms with Gasteiger partial charge in [-0.1, -0.05) is 0 Å². The summed E-state index contributed by atoms with van der Waals surface area (Å²) in [6.45, 7) is 1.21. The molecule has 1 aliphatic rings. The van der Waals surface area contributed by atoms with Gasteiger partial charge in [-0.15, -0.1) is 0 Å². The van der Waals surface area contributed by atoms with E-state index in [1.807, 2.05) is 0 Å². The number of piperidine rings is 1. The highest BCUT2D eigenvalue weighted by Crippen LogP contribution is 2.33. The molecule has 1 fully saturated rings. The summed E-state index contributed by atoms with van der Waals surface area (Å²) in [6, 6.07) is 2.54. The Morgan fingerprint density at radius 2 is 2.05 bits per heavy atom. The summed E-state index contributed by atoms with van der Waals surface area (Å²) in [7, 11) is 0. The highest BCUT2D eigenvalue weighted by molar-refractivity contribution is 5.95. The first kappa shape index (κ1) is 15.6. The van der Waals surface area contributed by atoms with Crippen molar-refractivity contribution < 1.29 is 22.4 Å². The summed E-state index contributed by atoms with van der Waals surface area (Å²) in [5.41, 5.74) is 5.71. The molecule has 0 aliphatic carbocycles. The lowest BCUT2D eigenvalue weighted by atomic mass is 9.96. The van der Waals surface area contributed by atoms with Crippen LogP contribution < -0.4 is 5.73 Å². The van der Waals surface area contributed by atoms with Crippen molar-refractivity contribution in [2.24, 2.45) is 5.92 Å². The molecule has 1 atom stereocenters. The molecule has 2 rings (SSSR count). The van der Waals surface area contributed by atoms with Crippen LogP contribution in [-0.4, -0.2) is 30.1 Å². The summed E-state index contributed by atoms with van der Waals surface area (Å²) < 4.78 is 52.3. The van der Waals surface area contributed by atoms with Gasteiger partial charge in [0, 0.05) is 18.8 Å². The summed E-state index contributed by atoms with van der Waals surface area (Å²) in [5, 5.41) is 0. The molecule has 1 aliphatic heterocycles. The lowest BCUT2D eigenvalue weighted by molar-refractivity contribution is -0.184. The van der Waals surface area contributed by atoms with E-state index >= 15 is 0 Å². The van der Waals surface area contributed by atoms with Crippen molar-refractivity contribution in [2.45, 2.75) is 25.9 Å². The molecular formula is C14H16F4N2O. The van der Waals surface area contributed by atoms with Gasteiger partial charge in [-0.2, -0.15) is 13.2 Å². The van der Waals surface area contributed by atoms with Crippen LogP contribution in [0.4, 0.5) is 23.2 Å². The first-order chi connectivity index (χ1) is 9.70. The fraction of sp³-hybridized carbons (Fsp3) is 0.500. The van der Waals surface area contributed by atoms with Crippen LogP contribution >= 0.6 is 0 Å². The molecule has 1 aromatic rings. The molecule has 1 unspecified atom stereocenters. The van der Waals surface area contributed by atoms with Gasteiger partial charge in [0.05, 0.1) is 11.5 Å². The smallest absolute Gasteiger partial charge is 0.393 e. The van der Waals surface area contributed by atoms with Crippen molar-refractivity contribution in [1.82, 2.24) is 4.90 Å². The van der Waals surface area contributed by atoms with E-state index in [-0.39, 0.29) is 36.2 Å². The third-order valence-corrected chi connectivity index (χ3v) is 3.68. The lowest BCUT2D eigenvalue weighted by Gasteiger charge is -2.34. The average molecular weight is 304 g/mol. The second kappa shape index (κ2) is 5.54. The topological polar surface area (TPSA) is 46.3 Å². The molecule has 0 bridgehead atoms. The van der Waals surface area contributed by atoms with Crippen molar-refractivity contribution in [3.63, 3.8) is 0 Å². The van der Waals surface area contributed by atoms with Gasteiger partial charge in [0.2, 0.25) is 0 Å². The number of carbonyl (C=O) groups excluding carboxylic acids is 1. The molecule has 2 N–H and O–H groups in total. The summed E-state index contributed by atoms with van der Waals surface area (Å²) >= 11 is 0. The third kappa shape index (κ3) is 3.28. The first-order valence-electron chi connectivity index (χ1n) is 6.61. The van der Waals surface area contributed by atoms with E-state index in [2.05, 4.69) is 0 Å². The zero-order valence-corrected chi connectivity index (χ0v) is 11.5. The number of benzene rings is 1. The standard InChI is InChI=1S/C14H16F4N2O/c1-8-5-10(19)6-11(12(8)15)13(21)20-4-2-3-9(7-20)14(16,17)18/h5-6,9H,2-4,7,19H2,1H3. The fourth-order valence-electron chi connectivity index (χ4n) is 2.55. The average Bonchev–Trinajstić information content (AvgIpc) is 2.41. The Bertz CT molecular complexity index is 557. The number of hydrogen-bond donors (Lipinski definition) is 1. The highest BCUT2D eigenvalue weighted by Gasteiger charge is 2.43. The van der Waals surface area contributed by atoms with Crippen LogP contribution in [0.15, 0.2) is 12.1 Å². The van der Waals surface area contributed by atoms with Crippen molar-refractivity contribution in [3.05, 3.63) is 29.1 Å². The van der Waals surface area contributed by atoms with Crippen LogP contribution in [0.2, 0.25) is 0 Å². The van der Waals surface area contributed by atoms with Gasteiger partial charge in [-0.25, -0.2) is 4.39 Å². The van der Waals surface area contributed by atoms with E-state index in [0.717, 1.165) is 4.90 Å². The van der Waals surface area contributed by atoms with Crippen LogP contribution in [-0.2, 0) is 0 Å². The Hall–Kier alpha value is -1.79. The molecular weight excluding hydrogens is 288 g/mol. The highest BCUT2D eigenvalue weighted by atomic mass is 19.4. The van der Waals surface area contributed by atoms with Crippen LogP contribution in [0.5, 0.6) is 0 Å². The minimum atomic E-state index is -4.34. The Labute approximate surface area is 119 Å². The maximum atomic E-state index is 14.0. The van der Waals surface area contributed by atoms with E-state index in [9.17, 15) is 22.4 Å². The number of rotatable bonds is 1. The monoisotopic (exact) mass is 304 g/mol. The number of nitrogens with zero attached hydrogens (tertiary/aromatic N) is 1. The van der Waals surface area contributed by atoms with Crippen LogP contribution in [0.25, 0.3) is 0 Å². The zero-order valence-electron chi connectivity index (χ0n) is 11.5. The molecule has 7 heteroatoms. The van der Waals surface area contributed by atoms with Crippen LogP contribution in [0.1, 0.15) is 28.8 Å². The first-order valence-corrected chi connectivity index (χ1v) is 6.61. The van der Waals surface area contributed by atoms with Crippen molar-refractivity contribution >= 4 is 11.6 Å². The van der Waals surface area contributed by atoms with Gasteiger partial charge in [0.1, 0.15) is 5.82 Å². The van der Waals surface area contributed by atoms with Crippen molar-refractivity contribution in [3.8, 4) is 0 Å². The third-order valence-electron chi connectivity index (χ3n) is 3.68. The molecule has 1 aromatic carbocycles. The molecule has 1 saturated heterocycles. The van der Waals surface area contributed by atoms with Crippen LogP contribution in [0, 0.1) is 18.7 Å². The minimum Gasteiger partial charge on any atom is -0.399 e. The van der Waals surface area contributed by atoms with Gasteiger partial charge in [0.25, 0.3) is 5.91 Å². The van der Waals surface area contributed by atoms with E-state index in [1.165, 1.54) is 19.1 Å². The molecule has 116 valence electrons. The molecule has 21 heavy (non-hydrogen) atoms. The van der Waals surface area contributed by atoms with Gasteiger partial charge in [0.15, 0.2) is 0 Å². The molecule has 3 nitrogen and oxygen atoms in total. The number of anilines is 1. The molecule has 0 radical (unpaired) electrons. The maximum absolute atomic E-state index is 14.0. The van der Waals surface area contributed by atoms with E-state index in [0.29, 0.717) is 0 Å².